The molecule has 5 heteroatoms. The maximum atomic E-state index is 13.0. The Hall–Kier alpha value is -2.01. The predicted octanol–water partition coefficient (Wildman–Crippen LogP) is 4.70. The Morgan fingerprint density at radius 2 is 1.93 bits per heavy atom. The van der Waals surface area contributed by atoms with Gasteiger partial charge in [-0.1, -0.05) is 18.9 Å². The van der Waals surface area contributed by atoms with Gasteiger partial charge in [-0.15, -0.1) is 11.3 Å². The molecular formula is C23H27NO3S. The summed E-state index contributed by atoms with van der Waals surface area (Å²) in [6.45, 7) is 2.78. The summed E-state index contributed by atoms with van der Waals surface area (Å²) in [5.41, 5.74) is 2.76. The Morgan fingerprint density at radius 1 is 1.14 bits per heavy atom. The number of carbonyl (C=O) groups excluding carboxylic acids is 1. The molecule has 4 nitrogen and oxygen atoms in total. The van der Waals surface area contributed by atoms with Crippen molar-refractivity contribution in [1.82, 2.24) is 4.90 Å². The fraction of sp³-hybridized carbons (Fsp3) is 0.522. The van der Waals surface area contributed by atoms with Gasteiger partial charge in [0, 0.05) is 29.8 Å². The summed E-state index contributed by atoms with van der Waals surface area (Å²) >= 11 is 1.78. The molecule has 3 heterocycles. The number of fused-ring (bicyclic) bond motifs is 3. The van der Waals surface area contributed by atoms with Crippen LogP contribution in [0.25, 0.3) is 0 Å². The number of ether oxygens (including phenoxy) is 2. The van der Waals surface area contributed by atoms with Crippen LogP contribution in [0.5, 0.6) is 11.5 Å². The van der Waals surface area contributed by atoms with Gasteiger partial charge >= 0.3 is 0 Å². The highest BCUT2D eigenvalue weighted by Gasteiger charge is 2.43. The number of carbonyl (C=O) groups is 1. The number of amides is 1. The van der Waals surface area contributed by atoms with Gasteiger partial charge in [0.25, 0.3) is 0 Å². The van der Waals surface area contributed by atoms with Crippen molar-refractivity contribution < 1.29 is 14.3 Å². The van der Waals surface area contributed by atoms with Crippen LogP contribution in [0.4, 0.5) is 0 Å². The maximum Gasteiger partial charge on any atom is 0.222 e. The number of benzene rings is 1. The fourth-order valence-corrected chi connectivity index (χ4v) is 5.90. The van der Waals surface area contributed by atoms with E-state index < -0.39 is 0 Å². The monoisotopic (exact) mass is 397 g/mol. The van der Waals surface area contributed by atoms with E-state index in [0.717, 1.165) is 30.9 Å². The van der Waals surface area contributed by atoms with Crippen molar-refractivity contribution in [3.8, 4) is 11.5 Å². The van der Waals surface area contributed by atoms with Crippen LogP contribution in [0.3, 0.4) is 0 Å². The first-order valence-corrected chi connectivity index (χ1v) is 11.3. The van der Waals surface area contributed by atoms with E-state index in [9.17, 15) is 4.79 Å². The maximum absolute atomic E-state index is 13.0. The average Bonchev–Trinajstić information content (AvgIpc) is 3.39. The SMILES string of the molecule is O=C(CCCc1cccs1)N1Cc2cc3c(cc2C2(CCCC2)C1)OCCO3. The van der Waals surface area contributed by atoms with Crippen molar-refractivity contribution in [2.24, 2.45) is 0 Å². The number of hydrogen-bond acceptors (Lipinski definition) is 4. The Morgan fingerprint density at radius 3 is 2.68 bits per heavy atom. The second-order valence-electron chi connectivity index (χ2n) is 8.32. The molecule has 0 unspecified atom stereocenters. The first kappa shape index (κ1) is 18.0. The third-order valence-corrected chi connectivity index (χ3v) is 7.44. The van der Waals surface area contributed by atoms with Crippen molar-refractivity contribution in [2.75, 3.05) is 19.8 Å². The molecule has 0 radical (unpaired) electrons. The molecule has 1 spiro atoms. The van der Waals surface area contributed by atoms with Crippen molar-refractivity contribution in [3.63, 3.8) is 0 Å². The lowest BCUT2D eigenvalue weighted by atomic mass is 9.73. The minimum absolute atomic E-state index is 0.104. The van der Waals surface area contributed by atoms with E-state index in [1.807, 2.05) is 0 Å². The Balaban J connectivity index is 1.36. The van der Waals surface area contributed by atoms with Gasteiger partial charge in [0.2, 0.25) is 5.91 Å². The average molecular weight is 398 g/mol. The molecular weight excluding hydrogens is 370 g/mol. The van der Waals surface area contributed by atoms with Crippen molar-refractivity contribution in [3.05, 3.63) is 45.6 Å². The molecule has 5 rings (SSSR count). The van der Waals surface area contributed by atoms with Gasteiger partial charge < -0.3 is 14.4 Å². The zero-order chi connectivity index (χ0) is 19.0. The molecule has 1 amide bonds. The number of thiophene rings is 1. The molecule has 1 fully saturated rings. The molecule has 1 saturated carbocycles. The van der Waals surface area contributed by atoms with Crippen molar-refractivity contribution >= 4 is 17.2 Å². The summed E-state index contributed by atoms with van der Waals surface area (Å²) < 4.78 is 11.7. The zero-order valence-electron chi connectivity index (χ0n) is 16.2. The first-order valence-electron chi connectivity index (χ1n) is 10.5. The lowest BCUT2D eigenvalue weighted by molar-refractivity contribution is -0.133. The first-order chi connectivity index (χ1) is 13.7. The quantitative estimate of drug-likeness (QED) is 0.751. The molecule has 3 aliphatic rings. The summed E-state index contributed by atoms with van der Waals surface area (Å²) in [4.78, 5) is 16.5. The van der Waals surface area contributed by atoms with Crippen LogP contribution in [-0.4, -0.2) is 30.6 Å². The molecule has 0 N–H and O–H groups in total. The smallest absolute Gasteiger partial charge is 0.222 e. The van der Waals surface area contributed by atoms with E-state index >= 15 is 0 Å². The summed E-state index contributed by atoms with van der Waals surface area (Å²) in [5.74, 6) is 2.01. The molecule has 0 bridgehead atoms. The lowest BCUT2D eigenvalue weighted by Crippen LogP contribution is -2.46. The molecule has 28 heavy (non-hydrogen) atoms. The molecule has 1 aliphatic carbocycles. The lowest BCUT2D eigenvalue weighted by Gasteiger charge is -2.43. The standard InChI is InChI=1S/C23H27NO3S/c25-22(7-3-5-18-6-4-12-28-18)24-15-17-13-20-21(27-11-10-26-20)14-19(17)23(16-24)8-1-2-9-23/h4,6,12-14H,1-3,5,7-11,15-16H2. The van der Waals surface area contributed by atoms with Crippen LogP contribution in [0.15, 0.2) is 29.6 Å². The van der Waals surface area contributed by atoms with E-state index in [2.05, 4.69) is 34.5 Å². The van der Waals surface area contributed by atoms with Gasteiger partial charge in [-0.3, -0.25) is 4.79 Å². The van der Waals surface area contributed by atoms with E-state index in [4.69, 9.17) is 9.47 Å². The number of rotatable bonds is 4. The minimum atomic E-state index is 0.104. The number of aryl methyl sites for hydroxylation is 1. The summed E-state index contributed by atoms with van der Waals surface area (Å²) in [6.07, 6.45) is 7.38. The Labute approximate surface area is 170 Å². The van der Waals surface area contributed by atoms with E-state index in [1.165, 1.54) is 41.7 Å². The summed E-state index contributed by atoms with van der Waals surface area (Å²) in [6, 6.07) is 8.59. The van der Waals surface area contributed by atoms with Crippen LogP contribution >= 0.6 is 11.3 Å². The molecule has 0 atom stereocenters. The Bertz CT molecular complexity index is 855. The third-order valence-electron chi connectivity index (χ3n) is 6.50. The zero-order valence-corrected chi connectivity index (χ0v) is 17.1. The van der Waals surface area contributed by atoms with Gasteiger partial charge in [0.1, 0.15) is 13.2 Å². The topological polar surface area (TPSA) is 38.8 Å². The van der Waals surface area contributed by atoms with Crippen LogP contribution in [0.2, 0.25) is 0 Å². The molecule has 2 aromatic rings. The van der Waals surface area contributed by atoms with Crippen LogP contribution in [0.1, 0.15) is 54.5 Å². The van der Waals surface area contributed by atoms with Gasteiger partial charge in [-0.25, -0.2) is 0 Å². The molecule has 148 valence electrons. The van der Waals surface area contributed by atoms with Crippen molar-refractivity contribution in [2.45, 2.75) is 56.9 Å². The van der Waals surface area contributed by atoms with Gasteiger partial charge in [0.15, 0.2) is 11.5 Å². The van der Waals surface area contributed by atoms with Crippen LogP contribution in [-0.2, 0) is 23.2 Å². The van der Waals surface area contributed by atoms with Crippen LogP contribution < -0.4 is 9.47 Å². The molecule has 1 aromatic heterocycles. The minimum Gasteiger partial charge on any atom is -0.486 e. The van der Waals surface area contributed by atoms with Gasteiger partial charge in [0.05, 0.1) is 0 Å². The highest BCUT2D eigenvalue weighted by Crippen LogP contribution is 2.49. The summed E-state index contributed by atoms with van der Waals surface area (Å²) in [5, 5.41) is 2.11. The largest absolute Gasteiger partial charge is 0.486 e. The number of hydrogen-bond donors (Lipinski definition) is 0. The second kappa shape index (κ2) is 7.43. The molecule has 0 saturated heterocycles. The van der Waals surface area contributed by atoms with E-state index in [0.29, 0.717) is 32.1 Å². The van der Waals surface area contributed by atoms with E-state index in [-0.39, 0.29) is 5.41 Å². The van der Waals surface area contributed by atoms with Crippen LogP contribution in [0, 0.1) is 0 Å². The third kappa shape index (κ3) is 3.30. The predicted molar refractivity (Wildman–Crippen MR) is 110 cm³/mol. The Kier molecular flexibility index (Phi) is 4.79. The van der Waals surface area contributed by atoms with Gasteiger partial charge in [-0.2, -0.15) is 0 Å². The highest BCUT2D eigenvalue weighted by molar-refractivity contribution is 7.09. The highest BCUT2D eigenvalue weighted by atomic mass is 32.1. The normalized spacial score (nSPS) is 19.6. The molecule has 1 aromatic carbocycles. The van der Waals surface area contributed by atoms with Crippen molar-refractivity contribution in [1.29, 1.82) is 0 Å². The summed E-state index contributed by atoms with van der Waals surface area (Å²) in [7, 11) is 0. The van der Waals surface area contributed by atoms with Gasteiger partial charge in [-0.05, 0) is 60.4 Å². The second-order valence-corrected chi connectivity index (χ2v) is 9.36. The number of nitrogens with zero attached hydrogens (tertiary/aromatic N) is 1. The van der Waals surface area contributed by atoms with E-state index in [1.54, 1.807) is 11.3 Å². The molecule has 2 aliphatic heterocycles. The fourth-order valence-electron chi connectivity index (χ4n) is 5.15.